The van der Waals surface area contributed by atoms with Crippen molar-refractivity contribution in [2.24, 2.45) is 0 Å². The molecule has 2 N–H and O–H groups in total. The summed E-state index contributed by atoms with van der Waals surface area (Å²) in [5.41, 5.74) is -3.66. The largest absolute Gasteiger partial charge is 0.496 e. The molecular weight excluding hydrogens is 426 g/mol. The number of hydrogen-bond acceptors (Lipinski definition) is 8. The molecule has 0 aromatic heterocycles. The van der Waals surface area contributed by atoms with E-state index in [1.807, 2.05) is 0 Å². The fourth-order valence-corrected chi connectivity index (χ4v) is 3.33. The molecule has 0 spiro atoms. The topological polar surface area (TPSA) is 120 Å². The van der Waals surface area contributed by atoms with Gasteiger partial charge in [0.1, 0.15) is 29.5 Å². The minimum atomic E-state index is -4.81. The van der Waals surface area contributed by atoms with Crippen LogP contribution in [0, 0.1) is 0 Å². The highest BCUT2D eigenvalue weighted by Crippen LogP contribution is 2.35. The number of carbonyl (C=O) groups is 1. The third-order valence-corrected chi connectivity index (χ3v) is 4.84. The zero-order valence-corrected chi connectivity index (χ0v) is 17.3. The van der Waals surface area contributed by atoms with Crippen molar-refractivity contribution in [3.63, 3.8) is 0 Å². The number of ether oxygens (including phenoxy) is 4. The Balaban J connectivity index is 2.58. The van der Waals surface area contributed by atoms with E-state index in [1.54, 1.807) is 0 Å². The normalized spacial score (nSPS) is 16.3. The highest BCUT2D eigenvalue weighted by molar-refractivity contribution is 7.93. The number of methoxy groups -OCH3 is 4. The number of hydrogen-bond donors (Lipinski definition) is 2. The van der Waals surface area contributed by atoms with Crippen LogP contribution in [0.1, 0.15) is 22.1 Å². The molecule has 0 unspecified atom stereocenters. The number of carboxylic acids is 1. The summed E-state index contributed by atoms with van der Waals surface area (Å²) in [5.74, 6) is -2.20. The predicted molar refractivity (Wildman–Crippen MR) is 117 cm³/mol. The molecule has 2 rings (SSSR count). The Bertz CT molecular complexity index is 1340. The lowest BCUT2D eigenvalue weighted by atomic mass is 10.1. The van der Waals surface area contributed by atoms with E-state index in [9.17, 15) is 13.2 Å². The van der Waals surface area contributed by atoms with Crippen molar-refractivity contribution in [2.45, 2.75) is 5.70 Å². The highest BCUT2D eigenvalue weighted by Gasteiger charge is 2.15. The standard InChI is InChI=1S/C21H25NO8S/c1-27-15-10-19(29-3)16(20(11-15)30-4)7-8-31(25,26)13-14-5-6-18(28-2)17(9-14)22-12-21(23)24/h5-11,22H,12-13H2,1-4H3,(H,23,24)/b8-7+/i1D3,3D3,13D2. The second-order valence-corrected chi connectivity index (χ2v) is 7.42. The van der Waals surface area contributed by atoms with Gasteiger partial charge in [-0.15, -0.1) is 0 Å². The molecular formula is C21H25NO8S. The Labute approximate surface area is 192 Å². The van der Waals surface area contributed by atoms with Gasteiger partial charge in [0.15, 0.2) is 9.84 Å². The number of aliphatic carboxylic acids is 1. The summed E-state index contributed by atoms with van der Waals surface area (Å²) in [5, 5.41) is 11.9. The molecule has 0 radical (unpaired) electrons. The maximum atomic E-state index is 13.1. The van der Waals surface area contributed by atoms with Gasteiger partial charge in [0.25, 0.3) is 0 Å². The van der Waals surface area contributed by atoms with Crippen LogP contribution >= 0.6 is 0 Å². The van der Waals surface area contributed by atoms with Crippen molar-refractivity contribution in [1.29, 1.82) is 0 Å². The molecule has 0 bridgehead atoms. The van der Waals surface area contributed by atoms with Crippen LogP contribution < -0.4 is 24.3 Å². The van der Waals surface area contributed by atoms with Crippen LogP contribution in [0.4, 0.5) is 5.69 Å². The van der Waals surface area contributed by atoms with E-state index in [1.165, 1.54) is 13.2 Å². The van der Waals surface area contributed by atoms with Crippen molar-refractivity contribution in [2.75, 3.05) is 40.2 Å². The first kappa shape index (κ1) is 14.6. The molecule has 0 atom stereocenters. The van der Waals surface area contributed by atoms with Gasteiger partial charge in [0.05, 0.1) is 53.5 Å². The number of nitrogens with one attached hydrogen (secondary N) is 1. The minimum Gasteiger partial charge on any atom is -0.496 e. The lowest BCUT2D eigenvalue weighted by molar-refractivity contribution is -0.134. The molecule has 9 nitrogen and oxygen atoms in total. The van der Waals surface area contributed by atoms with Crippen LogP contribution in [-0.2, 0) is 20.3 Å². The summed E-state index contributed by atoms with van der Waals surface area (Å²) in [7, 11) is -8.33. The molecule has 0 saturated carbocycles. The van der Waals surface area contributed by atoms with Gasteiger partial charge < -0.3 is 29.4 Å². The van der Waals surface area contributed by atoms with E-state index in [4.69, 9.17) is 35.0 Å². The first-order valence-electron chi connectivity index (χ1n) is 12.5. The Hall–Kier alpha value is -3.40. The fourth-order valence-electron chi connectivity index (χ4n) is 2.49. The number of anilines is 1. The van der Waals surface area contributed by atoms with Crippen molar-refractivity contribution in [3.05, 3.63) is 46.9 Å². The van der Waals surface area contributed by atoms with Crippen LogP contribution in [0.2, 0.25) is 0 Å². The quantitative estimate of drug-likeness (QED) is 0.522. The molecule has 10 heteroatoms. The highest BCUT2D eigenvalue weighted by atomic mass is 32.2. The average molecular weight is 460 g/mol. The fraction of sp³-hybridized carbons (Fsp3) is 0.286. The Morgan fingerprint density at radius 1 is 1.10 bits per heavy atom. The molecule has 0 heterocycles. The first-order valence-corrected chi connectivity index (χ1v) is 10.0. The van der Waals surface area contributed by atoms with Crippen LogP contribution in [0.5, 0.6) is 23.0 Å². The molecule has 168 valence electrons. The average Bonchev–Trinajstić information content (AvgIpc) is 2.79. The van der Waals surface area contributed by atoms with Crippen LogP contribution in [0.3, 0.4) is 0 Å². The summed E-state index contributed by atoms with van der Waals surface area (Å²) in [6.07, 6.45) is 0.833. The number of carboxylic acid groups (broad SMARTS) is 1. The van der Waals surface area contributed by atoms with Crippen molar-refractivity contribution in [3.8, 4) is 23.0 Å². The van der Waals surface area contributed by atoms with Crippen LogP contribution in [0.25, 0.3) is 6.08 Å². The molecule has 0 aliphatic rings. The summed E-state index contributed by atoms with van der Waals surface area (Å²) >= 11 is 0. The van der Waals surface area contributed by atoms with Gasteiger partial charge in [-0.1, -0.05) is 6.07 Å². The second kappa shape index (κ2) is 10.6. The first-order chi connectivity index (χ1) is 17.8. The van der Waals surface area contributed by atoms with Crippen LogP contribution in [0.15, 0.2) is 35.7 Å². The van der Waals surface area contributed by atoms with Gasteiger partial charge in [0.2, 0.25) is 0 Å². The van der Waals surface area contributed by atoms with E-state index in [-0.39, 0.29) is 34.1 Å². The number of rotatable bonds is 11. The lowest BCUT2D eigenvalue weighted by Gasteiger charge is -2.13. The van der Waals surface area contributed by atoms with E-state index in [0.717, 1.165) is 37.5 Å². The summed E-state index contributed by atoms with van der Waals surface area (Å²) in [6, 6.07) is 5.44. The Morgan fingerprint density at radius 2 is 1.77 bits per heavy atom. The molecule has 2 aromatic rings. The summed E-state index contributed by atoms with van der Waals surface area (Å²) < 4.78 is 107. The smallest absolute Gasteiger partial charge is 0.322 e. The molecule has 31 heavy (non-hydrogen) atoms. The van der Waals surface area contributed by atoms with Gasteiger partial charge in [-0.3, -0.25) is 4.79 Å². The zero-order chi connectivity index (χ0) is 29.8. The number of sulfone groups is 1. The Kier molecular flexibility index (Phi) is 4.97. The lowest BCUT2D eigenvalue weighted by Crippen LogP contribution is -2.13. The minimum absolute atomic E-state index is 0.0281. The summed E-state index contributed by atoms with van der Waals surface area (Å²) in [6.45, 7) is -0.553. The molecule has 2 aromatic carbocycles. The molecule has 0 aliphatic heterocycles. The van der Waals surface area contributed by atoms with Gasteiger partial charge in [0, 0.05) is 20.3 Å². The van der Waals surface area contributed by atoms with E-state index < -0.39 is 47.9 Å². The molecule has 0 amide bonds. The van der Waals surface area contributed by atoms with Gasteiger partial charge in [-0.2, -0.15) is 0 Å². The van der Waals surface area contributed by atoms with Crippen molar-refractivity contribution < 1.29 is 48.2 Å². The van der Waals surface area contributed by atoms with Gasteiger partial charge in [-0.25, -0.2) is 8.42 Å². The van der Waals surface area contributed by atoms with E-state index in [0.29, 0.717) is 5.41 Å². The maximum Gasteiger partial charge on any atom is 0.322 e. The number of benzene rings is 2. The van der Waals surface area contributed by atoms with Crippen molar-refractivity contribution >= 4 is 27.6 Å². The SMILES string of the molecule is [2H]C([2H])([2H])Oc1cc(OC)c(/C=C/S(=O)(=O)C([2H])([2H])c2ccc(OC)c(NCC(=O)O)c2)c(OC([2H])([2H])[2H])c1. The zero-order valence-electron chi connectivity index (χ0n) is 24.5. The van der Waals surface area contributed by atoms with E-state index >= 15 is 0 Å². The predicted octanol–water partition coefficient (Wildman–Crippen LogP) is 2.80. The maximum absolute atomic E-state index is 13.1. The second-order valence-electron chi connectivity index (χ2n) is 5.85. The van der Waals surface area contributed by atoms with E-state index in [2.05, 4.69) is 5.32 Å². The molecule has 0 fully saturated rings. The monoisotopic (exact) mass is 459 g/mol. The van der Waals surface area contributed by atoms with Crippen molar-refractivity contribution in [1.82, 2.24) is 0 Å². The third-order valence-electron chi connectivity index (χ3n) is 3.83. The Morgan fingerprint density at radius 3 is 2.39 bits per heavy atom. The summed E-state index contributed by atoms with van der Waals surface area (Å²) in [4.78, 5) is 10.9. The third kappa shape index (κ3) is 6.54. The molecule has 0 saturated heterocycles. The van der Waals surface area contributed by atoms with Gasteiger partial charge >= 0.3 is 5.97 Å². The van der Waals surface area contributed by atoms with Crippen LogP contribution in [-0.4, -0.2) is 54.3 Å². The molecule has 0 aliphatic carbocycles. The van der Waals surface area contributed by atoms with Gasteiger partial charge in [-0.05, 0) is 23.8 Å².